The summed E-state index contributed by atoms with van der Waals surface area (Å²) in [6, 6.07) is 4.36. The second-order valence-electron chi connectivity index (χ2n) is 5.43. The van der Waals surface area contributed by atoms with Crippen LogP contribution in [-0.2, 0) is 0 Å². The predicted molar refractivity (Wildman–Crippen MR) is 79.9 cm³/mol. The van der Waals surface area contributed by atoms with Crippen molar-refractivity contribution in [1.82, 2.24) is 0 Å². The maximum absolute atomic E-state index is 5.78. The standard InChI is InChI=1S/C17H15NO3/c1-10-4-11(2)17(12(3)5-10)18-13-6-19-8-15(13)21-16-9-20-7-14(16)18/h4-9H,1-3H3. The van der Waals surface area contributed by atoms with E-state index in [0.717, 1.165) is 17.1 Å². The van der Waals surface area contributed by atoms with Crippen LogP contribution in [0, 0.1) is 20.8 Å². The highest BCUT2D eigenvalue weighted by atomic mass is 16.5. The number of rotatable bonds is 1. The fourth-order valence-corrected chi connectivity index (χ4v) is 3.05. The molecule has 0 aliphatic carbocycles. The Bertz CT molecular complexity index is 765. The minimum absolute atomic E-state index is 0.697. The number of hydrogen-bond donors (Lipinski definition) is 0. The molecule has 4 heteroatoms. The Morgan fingerprint density at radius 1 is 0.762 bits per heavy atom. The van der Waals surface area contributed by atoms with Gasteiger partial charge in [-0.25, -0.2) is 0 Å². The quantitative estimate of drug-likeness (QED) is 0.470. The van der Waals surface area contributed by atoms with Crippen molar-refractivity contribution < 1.29 is 13.6 Å². The number of anilines is 3. The van der Waals surface area contributed by atoms with Gasteiger partial charge >= 0.3 is 0 Å². The summed E-state index contributed by atoms with van der Waals surface area (Å²) in [6.45, 7) is 6.34. The number of aryl methyl sites for hydroxylation is 3. The highest BCUT2D eigenvalue weighted by Gasteiger charge is 2.30. The summed E-state index contributed by atoms with van der Waals surface area (Å²) in [5.41, 5.74) is 6.57. The number of nitrogens with zero attached hydrogens (tertiary/aromatic N) is 1. The first-order chi connectivity index (χ1) is 10.1. The van der Waals surface area contributed by atoms with Gasteiger partial charge in [0.15, 0.2) is 11.5 Å². The van der Waals surface area contributed by atoms with Crippen molar-refractivity contribution in [3.63, 3.8) is 0 Å². The van der Waals surface area contributed by atoms with Gasteiger partial charge in [-0.2, -0.15) is 0 Å². The number of furan rings is 2. The lowest BCUT2D eigenvalue weighted by Crippen LogP contribution is -2.15. The van der Waals surface area contributed by atoms with Gasteiger partial charge in [-0.15, -0.1) is 0 Å². The largest absolute Gasteiger partial charge is 0.466 e. The van der Waals surface area contributed by atoms with E-state index in [2.05, 4.69) is 37.8 Å². The maximum Gasteiger partial charge on any atom is 0.189 e. The Morgan fingerprint density at radius 2 is 1.29 bits per heavy atom. The molecule has 4 nitrogen and oxygen atoms in total. The minimum Gasteiger partial charge on any atom is -0.466 e. The lowest BCUT2D eigenvalue weighted by Gasteiger charge is -2.30. The molecule has 0 N–H and O–H groups in total. The molecule has 0 spiro atoms. The molecule has 21 heavy (non-hydrogen) atoms. The Morgan fingerprint density at radius 3 is 1.81 bits per heavy atom. The molecule has 3 aromatic rings. The van der Waals surface area contributed by atoms with Gasteiger partial charge < -0.3 is 13.6 Å². The molecule has 0 fully saturated rings. The summed E-state index contributed by atoms with van der Waals surface area (Å²) in [6.07, 6.45) is 6.61. The molecule has 0 amide bonds. The summed E-state index contributed by atoms with van der Waals surface area (Å²) in [5.74, 6) is 1.39. The van der Waals surface area contributed by atoms with Gasteiger partial charge in [0.25, 0.3) is 0 Å². The van der Waals surface area contributed by atoms with Crippen molar-refractivity contribution in [3.8, 4) is 11.5 Å². The fourth-order valence-electron chi connectivity index (χ4n) is 3.05. The molecule has 1 aliphatic heterocycles. The van der Waals surface area contributed by atoms with E-state index in [0.29, 0.717) is 11.5 Å². The summed E-state index contributed by atoms with van der Waals surface area (Å²) in [4.78, 5) is 2.13. The van der Waals surface area contributed by atoms with Crippen molar-refractivity contribution in [3.05, 3.63) is 53.9 Å². The van der Waals surface area contributed by atoms with Crippen LogP contribution in [0.1, 0.15) is 16.7 Å². The average Bonchev–Trinajstić information content (AvgIpc) is 3.04. The Labute approximate surface area is 122 Å². The van der Waals surface area contributed by atoms with Crippen LogP contribution < -0.4 is 9.64 Å². The van der Waals surface area contributed by atoms with E-state index in [-0.39, 0.29) is 0 Å². The first-order valence-electron chi connectivity index (χ1n) is 6.83. The Balaban J connectivity index is 2.00. The number of hydrogen-bond acceptors (Lipinski definition) is 4. The zero-order valence-electron chi connectivity index (χ0n) is 12.1. The summed E-state index contributed by atoms with van der Waals surface area (Å²) >= 11 is 0. The number of fused-ring (bicyclic) bond motifs is 2. The van der Waals surface area contributed by atoms with Crippen molar-refractivity contribution in [2.75, 3.05) is 4.90 Å². The van der Waals surface area contributed by atoms with Crippen LogP contribution in [-0.4, -0.2) is 0 Å². The first-order valence-corrected chi connectivity index (χ1v) is 6.83. The minimum atomic E-state index is 0.697. The van der Waals surface area contributed by atoms with Gasteiger partial charge in [-0.1, -0.05) is 17.7 Å². The molecule has 0 atom stereocenters. The molecule has 4 rings (SSSR count). The van der Waals surface area contributed by atoms with Crippen molar-refractivity contribution in [2.24, 2.45) is 0 Å². The second-order valence-corrected chi connectivity index (χ2v) is 5.43. The van der Waals surface area contributed by atoms with Gasteiger partial charge in [0.2, 0.25) is 0 Å². The molecule has 0 radical (unpaired) electrons. The molecule has 0 unspecified atom stereocenters. The van der Waals surface area contributed by atoms with E-state index in [4.69, 9.17) is 13.6 Å². The molecule has 0 bridgehead atoms. The highest BCUT2D eigenvalue weighted by Crippen LogP contribution is 2.52. The van der Waals surface area contributed by atoms with Gasteiger partial charge in [0, 0.05) is 0 Å². The summed E-state index contributed by atoms with van der Waals surface area (Å²) in [5, 5.41) is 0. The van der Waals surface area contributed by atoms with Crippen LogP contribution in [0.3, 0.4) is 0 Å². The first kappa shape index (κ1) is 12.1. The second kappa shape index (κ2) is 4.19. The van der Waals surface area contributed by atoms with E-state index in [1.807, 2.05) is 0 Å². The van der Waals surface area contributed by atoms with Crippen LogP contribution in [0.4, 0.5) is 17.1 Å². The average molecular weight is 281 g/mol. The topological polar surface area (TPSA) is 38.8 Å². The van der Waals surface area contributed by atoms with Crippen LogP contribution in [0.25, 0.3) is 0 Å². The summed E-state index contributed by atoms with van der Waals surface area (Å²) in [7, 11) is 0. The number of ether oxygens (including phenoxy) is 1. The monoisotopic (exact) mass is 281 g/mol. The van der Waals surface area contributed by atoms with E-state index in [1.54, 1.807) is 25.1 Å². The molecule has 0 saturated heterocycles. The van der Waals surface area contributed by atoms with Crippen molar-refractivity contribution in [2.45, 2.75) is 20.8 Å². The van der Waals surface area contributed by atoms with Gasteiger partial charge in [0.1, 0.15) is 36.4 Å². The van der Waals surface area contributed by atoms with Gasteiger partial charge in [0.05, 0.1) is 5.69 Å². The van der Waals surface area contributed by atoms with E-state index < -0.39 is 0 Å². The molecule has 0 saturated carbocycles. The van der Waals surface area contributed by atoms with Crippen LogP contribution in [0.2, 0.25) is 0 Å². The SMILES string of the molecule is Cc1cc(C)c(N2c3cocc3Oc3cocc32)c(C)c1. The fraction of sp³-hybridized carbons (Fsp3) is 0.176. The lowest BCUT2D eigenvalue weighted by atomic mass is 10.0. The van der Waals surface area contributed by atoms with Gasteiger partial charge in [-0.3, -0.25) is 4.90 Å². The zero-order valence-corrected chi connectivity index (χ0v) is 12.1. The molecule has 3 heterocycles. The van der Waals surface area contributed by atoms with Gasteiger partial charge in [-0.05, 0) is 31.9 Å². The summed E-state index contributed by atoms with van der Waals surface area (Å²) < 4.78 is 16.4. The molecular formula is C17H15NO3. The molecule has 106 valence electrons. The van der Waals surface area contributed by atoms with Crippen LogP contribution >= 0.6 is 0 Å². The molecular weight excluding hydrogens is 266 g/mol. The van der Waals surface area contributed by atoms with Crippen LogP contribution in [0.15, 0.2) is 46.0 Å². The Kier molecular flexibility index (Phi) is 2.42. The number of benzene rings is 1. The Hall–Kier alpha value is -2.62. The maximum atomic E-state index is 5.78. The third-order valence-corrected chi connectivity index (χ3v) is 3.78. The molecule has 1 aliphatic rings. The molecule has 1 aromatic carbocycles. The van der Waals surface area contributed by atoms with E-state index >= 15 is 0 Å². The van der Waals surface area contributed by atoms with Crippen molar-refractivity contribution >= 4 is 17.1 Å². The molecule has 2 aromatic heterocycles. The highest BCUT2D eigenvalue weighted by molar-refractivity contribution is 5.87. The van der Waals surface area contributed by atoms with E-state index in [9.17, 15) is 0 Å². The van der Waals surface area contributed by atoms with Crippen LogP contribution in [0.5, 0.6) is 11.5 Å². The normalized spacial score (nSPS) is 12.8. The van der Waals surface area contributed by atoms with Crippen molar-refractivity contribution in [1.29, 1.82) is 0 Å². The third-order valence-electron chi connectivity index (χ3n) is 3.78. The lowest BCUT2D eigenvalue weighted by molar-refractivity contribution is 0.452. The smallest absolute Gasteiger partial charge is 0.189 e. The van der Waals surface area contributed by atoms with E-state index in [1.165, 1.54) is 16.7 Å². The zero-order chi connectivity index (χ0) is 14.6. The third kappa shape index (κ3) is 1.69. The predicted octanol–water partition coefficient (Wildman–Crippen LogP) is 5.37.